The number of nitrogens with zero attached hydrogens (tertiary/aromatic N) is 1. The van der Waals surface area contributed by atoms with E-state index in [9.17, 15) is 9.18 Å². The molecule has 1 aromatic carbocycles. The van der Waals surface area contributed by atoms with Crippen molar-refractivity contribution >= 4 is 33.2 Å². The lowest BCUT2D eigenvalue weighted by molar-refractivity contribution is 0.103. The van der Waals surface area contributed by atoms with Crippen LogP contribution in [0.15, 0.2) is 34.2 Å². The normalized spacial score (nSPS) is 10.3. The van der Waals surface area contributed by atoms with Crippen LogP contribution in [0.25, 0.3) is 0 Å². The van der Waals surface area contributed by atoms with Crippen LogP contribution < -0.4 is 0 Å². The average Bonchev–Trinajstić information content (AvgIpc) is 2.74. The van der Waals surface area contributed by atoms with Crippen LogP contribution in [0.3, 0.4) is 0 Å². The van der Waals surface area contributed by atoms with Crippen molar-refractivity contribution in [1.29, 1.82) is 0 Å². The van der Waals surface area contributed by atoms with Gasteiger partial charge < -0.3 is 0 Å². The highest BCUT2D eigenvalue weighted by Crippen LogP contribution is 2.21. The monoisotopic (exact) mass is 285 g/mol. The van der Waals surface area contributed by atoms with Crippen LogP contribution in [0.5, 0.6) is 0 Å². The Kier molecular flexibility index (Phi) is 2.93. The summed E-state index contributed by atoms with van der Waals surface area (Å²) in [5.74, 6) is -0.878. The third-order valence-electron chi connectivity index (χ3n) is 1.89. The predicted octanol–water partition coefficient (Wildman–Crippen LogP) is 3.28. The highest BCUT2D eigenvalue weighted by molar-refractivity contribution is 9.10. The van der Waals surface area contributed by atoms with Gasteiger partial charge in [-0.15, -0.1) is 0 Å². The predicted molar refractivity (Wildman–Crippen MR) is 59.6 cm³/mol. The van der Waals surface area contributed by atoms with Gasteiger partial charge in [-0.3, -0.25) is 4.79 Å². The van der Waals surface area contributed by atoms with Gasteiger partial charge >= 0.3 is 0 Å². The molecule has 0 spiro atoms. The lowest BCUT2D eigenvalue weighted by atomic mass is 10.1. The van der Waals surface area contributed by atoms with E-state index in [4.69, 9.17) is 0 Å². The summed E-state index contributed by atoms with van der Waals surface area (Å²) in [6.07, 6.45) is 1.44. The van der Waals surface area contributed by atoms with Crippen LogP contribution in [0, 0.1) is 5.82 Å². The lowest BCUT2D eigenvalue weighted by Gasteiger charge is -2.01. The first-order valence-corrected chi connectivity index (χ1v) is 5.71. The number of hydrogen-bond acceptors (Lipinski definition) is 3. The molecular weight excluding hydrogens is 281 g/mol. The molecule has 0 saturated carbocycles. The zero-order valence-electron chi connectivity index (χ0n) is 7.41. The number of ketones is 1. The zero-order chi connectivity index (χ0) is 10.8. The van der Waals surface area contributed by atoms with Crippen LogP contribution in [0.4, 0.5) is 4.39 Å². The van der Waals surface area contributed by atoms with Crippen LogP contribution in [-0.4, -0.2) is 10.2 Å². The molecule has 0 unspecified atom stereocenters. The Labute approximate surface area is 98.0 Å². The molecule has 0 aliphatic heterocycles. The van der Waals surface area contributed by atoms with Gasteiger partial charge in [0.05, 0.1) is 21.8 Å². The van der Waals surface area contributed by atoms with E-state index in [1.807, 2.05) is 0 Å². The number of hydrogen-bond donors (Lipinski definition) is 0. The molecule has 1 heterocycles. The fourth-order valence-corrected chi connectivity index (χ4v) is 2.03. The second kappa shape index (κ2) is 4.20. The Hall–Kier alpha value is -1.07. The molecule has 0 aliphatic carbocycles. The second-order valence-electron chi connectivity index (χ2n) is 2.84. The van der Waals surface area contributed by atoms with E-state index < -0.39 is 5.82 Å². The van der Waals surface area contributed by atoms with Gasteiger partial charge in [-0.05, 0) is 39.6 Å². The highest BCUT2D eigenvalue weighted by atomic mass is 79.9. The summed E-state index contributed by atoms with van der Waals surface area (Å²) in [5, 5.41) is 1.60. The van der Waals surface area contributed by atoms with Crippen molar-refractivity contribution in [3.05, 3.63) is 51.2 Å². The molecule has 0 N–H and O–H groups in total. The summed E-state index contributed by atoms with van der Waals surface area (Å²) in [7, 11) is 0. The number of carbonyl (C=O) groups is 1. The molecule has 0 aliphatic rings. The van der Waals surface area contributed by atoms with E-state index in [1.165, 1.54) is 23.8 Å². The quantitative estimate of drug-likeness (QED) is 0.793. The number of rotatable bonds is 2. The van der Waals surface area contributed by atoms with E-state index >= 15 is 0 Å². The van der Waals surface area contributed by atoms with Gasteiger partial charge in [0.2, 0.25) is 0 Å². The van der Waals surface area contributed by atoms with Crippen LogP contribution in [-0.2, 0) is 0 Å². The molecule has 0 bridgehead atoms. The van der Waals surface area contributed by atoms with Crippen LogP contribution >= 0.6 is 27.5 Å². The SMILES string of the molecule is O=C(c1cnsc1)c1cccc(Br)c1F. The largest absolute Gasteiger partial charge is 0.288 e. The van der Waals surface area contributed by atoms with Gasteiger partial charge in [0.1, 0.15) is 5.82 Å². The van der Waals surface area contributed by atoms with Crippen molar-refractivity contribution in [2.24, 2.45) is 0 Å². The molecule has 2 nitrogen and oxygen atoms in total. The minimum absolute atomic E-state index is 0.0598. The van der Waals surface area contributed by atoms with Crippen LogP contribution in [0.1, 0.15) is 15.9 Å². The summed E-state index contributed by atoms with van der Waals surface area (Å²) in [4.78, 5) is 11.8. The van der Waals surface area contributed by atoms with Gasteiger partial charge in [-0.1, -0.05) is 6.07 Å². The molecular formula is C10H5BrFNOS. The van der Waals surface area contributed by atoms with Gasteiger partial charge in [-0.2, -0.15) is 0 Å². The molecule has 76 valence electrons. The first-order chi connectivity index (χ1) is 7.20. The summed E-state index contributed by atoms with van der Waals surface area (Å²) in [6.45, 7) is 0. The fourth-order valence-electron chi connectivity index (χ4n) is 1.15. The number of aromatic nitrogens is 1. The number of benzene rings is 1. The third kappa shape index (κ3) is 1.98. The second-order valence-corrected chi connectivity index (χ2v) is 4.36. The van der Waals surface area contributed by atoms with Gasteiger partial charge in [0.15, 0.2) is 5.78 Å². The topological polar surface area (TPSA) is 30.0 Å². The molecule has 15 heavy (non-hydrogen) atoms. The summed E-state index contributed by atoms with van der Waals surface area (Å²) in [6, 6.07) is 4.64. The molecule has 5 heteroatoms. The van der Waals surface area contributed by atoms with E-state index in [2.05, 4.69) is 20.3 Å². The Morgan fingerprint density at radius 2 is 2.27 bits per heavy atom. The lowest BCUT2D eigenvalue weighted by Crippen LogP contribution is -2.03. The zero-order valence-corrected chi connectivity index (χ0v) is 9.81. The van der Waals surface area contributed by atoms with Gasteiger partial charge in [0.25, 0.3) is 0 Å². The number of carbonyl (C=O) groups excluding carboxylic acids is 1. The minimum Gasteiger partial charge on any atom is -0.288 e. The van der Waals surface area contributed by atoms with E-state index in [-0.39, 0.29) is 15.8 Å². The van der Waals surface area contributed by atoms with Crippen molar-refractivity contribution < 1.29 is 9.18 Å². The highest BCUT2D eigenvalue weighted by Gasteiger charge is 2.16. The van der Waals surface area contributed by atoms with Gasteiger partial charge in [-0.25, -0.2) is 8.76 Å². The first-order valence-electron chi connectivity index (χ1n) is 4.08. The fraction of sp³-hybridized carbons (Fsp3) is 0. The molecule has 1 aromatic heterocycles. The maximum atomic E-state index is 13.6. The molecule has 0 amide bonds. The first kappa shape index (κ1) is 10.4. The molecule has 2 aromatic rings. The standard InChI is InChI=1S/C10H5BrFNOS/c11-8-3-1-2-7(9(8)12)10(14)6-4-13-15-5-6/h1-5H. The molecule has 0 fully saturated rings. The van der Waals surface area contributed by atoms with Crippen molar-refractivity contribution in [2.45, 2.75) is 0 Å². The Morgan fingerprint density at radius 1 is 1.47 bits per heavy atom. The van der Waals surface area contributed by atoms with Crippen molar-refractivity contribution in [3.63, 3.8) is 0 Å². The van der Waals surface area contributed by atoms with Crippen molar-refractivity contribution in [3.8, 4) is 0 Å². The van der Waals surface area contributed by atoms with Crippen LogP contribution in [0.2, 0.25) is 0 Å². The summed E-state index contributed by atoms with van der Waals surface area (Å²) < 4.78 is 17.7. The van der Waals surface area contributed by atoms with Gasteiger partial charge in [0, 0.05) is 5.38 Å². The molecule has 2 rings (SSSR count). The maximum absolute atomic E-state index is 13.6. The Morgan fingerprint density at radius 3 is 2.93 bits per heavy atom. The van der Waals surface area contributed by atoms with Crippen molar-refractivity contribution in [1.82, 2.24) is 4.37 Å². The smallest absolute Gasteiger partial charge is 0.198 e. The van der Waals surface area contributed by atoms with Crippen molar-refractivity contribution in [2.75, 3.05) is 0 Å². The van der Waals surface area contributed by atoms with E-state index in [0.29, 0.717) is 5.56 Å². The van der Waals surface area contributed by atoms with E-state index in [0.717, 1.165) is 0 Å². The number of halogens is 2. The third-order valence-corrected chi connectivity index (χ3v) is 3.09. The Balaban J connectivity index is 2.47. The molecule has 0 atom stereocenters. The average molecular weight is 286 g/mol. The summed E-state index contributed by atoms with van der Waals surface area (Å²) in [5.41, 5.74) is 0.474. The van der Waals surface area contributed by atoms with E-state index in [1.54, 1.807) is 17.5 Å². The molecule has 0 radical (unpaired) electrons. The minimum atomic E-state index is -0.534. The Bertz CT molecular complexity index is 498. The maximum Gasteiger partial charge on any atom is 0.198 e. The molecule has 0 saturated heterocycles. The summed E-state index contributed by atoms with van der Waals surface area (Å²) >= 11 is 4.21.